The Balaban J connectivity index is 2.95. The molecule has 0 aromatic carbocycles. The molecule has 2 aromatic heterocycles. The van der Waals surface area contributed by atoms with Gasteiger partial charge in [-0.2, -0.15) is 0 Å². The molecular formula is C8H7N2. The second kappa shape index (κ2) is 1.84. The molecule has 2 heterocycles. The minimum Gasteiger partial charge on any atom is -0.307 e. The third kappa shape index (κ3) is 0.620. The Hall–Kier alpha value is -1.31. The minimum atomic E-state index is 0.933. The lowest BCUT2D eigenvalue weighted by Crippen LogP contribution is -1.83. The topological polar surface area (TPSA) is 17.3 Å². The summed E-state index contributed by atoms with van der Waals surface area (Å²) in [6, 6.07) is 3.90. The van der Waals surface area contributed by atoms with Crippen molar-refractivity contribution in [2.24, 2.45) is 0 Å². The Morgan fingerprint density at radius 3 is 3.10 bits per heavy atom. The summed E-state index contributed by atoms with van der Waals surface area (Å²) < 4.78 is 1.95. The summed E-state index contributed by atoms with van der Waals surface area (Å²) in [5, 5.41) is 0. The average Bonchev–Trinajstić information content (AvgIpc) is 2.36. The van der Waals surface area contributed by atoms with Crippen molar-refractivity contribution in [1.82, 2.24) is 9.38 Å². The SMILES string of the molecule is [CH2]c1cccn2ccnc12. The van der Waals surface area contributed by atoms with Crippen LogP contribution in [0.15, 0.2) is 30.7 Å². The van der Waals surface area contributed by atoms with Crippen molar-refractivity contribution in [3.05, 3.63) is 43.2 Å². The highest BCUT2D eigenvalue weighted by atomic mass is 15.0. The van der Waals surface area contributed by atoms with Crippen LogP contribution in [0, 0.1) is 6.92 Å². The van der Waals surface area contributed by atoms with E-state index < -0.39 is 0 Å². The van der Waals surface area contributed by atoms with Crippen LogP contribution < -0.4 is 0 Å². The number of fused-ring (bicyclic) bond motifs is 1. The van der Waals surface area contributed by atoms with Crippen LogP contribution in [0.25, 0.3) is 5.65 Å². The standard InChI is InChI=1S/C8H7N2/c1-7-3-2-5-10-6-4-9-8(7)10/h2-6H,1H2. The molecule has 1 radical (unpaired) electrons. The largest absolute Gasteiger partial charge is 0.307 e. The summed E-state index contributed by atoms with van der Waals surface area (Å²) in [6.07, 6.45) is 5.63. The van der Waals surface area contributed by atoms with Gasteiger partial charge in [0, 0.05) is 18.6 Å². The highest BCUT2D eigenvalue weighted by Crippen LogP contribution is 2.05. The number of pyridine rings is 1. The van der Waals surface area contributed by atoms with Gasteiger partial charge in [0.15, 0.2) is 0 Å². The van der Waals surface area contributed by atoms with Gasteiger partial charge in [-0.15, -0.1) is 0 Å². The average molecular weight is 131 g/mol. The second-order valence-electron chi connectivity index (χ2n) is 2.19. The van der Waals surface area contributed by atoms with E-state index in [9.17, 15) is 0 Å². The Kier molecular flexibility index (Phi) is 1.01. The molecule has 2 heteroatoms. The first-order valence-electron chi connectivity index (χ1n) is 3.11. The van der Waals surface area contributed by atoms with Crippen molar-refractivity contribution in [2.45, 2.75) is 0 Å². The van der Waals surface area contributed by atoms with E-state index in [0.717, 1.165) is 11.2 Å². The summed E-state index contributed by atoms with van der Waals surface area (Å²) in [6.45, 7) is 3.84. The zero-order chi connectivity index (χ0) is 6.97. The van der Waals surface area contributed by atoms with Crippen LogP contribution in [0.4, 0.5) is 0 Å². The second-order valence-corrected chi connectivity index (χ2v) is 2.19. The van der Waals surface area contributed by atoms with Gasteiger partial charge in [0.1, 0.15) is 5.65 Å². The maximum Gasteiger partial charge on any atom is 0.139 e. The minimum absolute atomic E-state index is 0.933. The molecule has 2 aromatic rings. The number of imidazole rings is 1. The fourth-order valence-corrected chi connectivity index (χ4v) is 1.01. The van der Waals surface area contributed by atoms with Gasteiger partial charge in [0.05, 0.1) is 0 Å². The molecule has 0 atom stereocenters. The summed E-state index contributed by atoms with van der Waals surface area (Å²) in [5.41, 5.74) is 1.90. The van der Waals surface area contributed by atoms with Crippen molar-refractivity contribution < 1.29 is 0 Å². The first kappa shape index (κ1) is 5.47. The van der Waals surface area contributed by atoms with Crippen LogP contribution in [0.5, 0.6) is 0 Å². The molecular weight excluding hydrogens is 124 g/mol. The molecule has 49 valence electrons. The van der Waals surface area contributed by atoms with E-state index in [1.165, 1.54) is 0 Å². The molecule has 0 amide bonds. The van der Waals surface area contributed by atoms with E-state index >= 15 is 0 Å². The van der Waals surface area contributed by atoms with E-state index in [4.69, 9.17) is 0 Å². The van der Waals surface area contributed by atoms with Gasteiger partial charge in [-0.3, -0.25) is 0 Å². The maximum absolute atomic E-state index is 4.12. The van der Waals surface area contributed by atoms with Gasteiger partial charge in [-0.05, 0) is 18.6 Å². The Morgan fingerprint density at radius 2 is 2.30 bits per heavy atom. The molecule has 2 nitrogen and oxygen atoms in total. The third-order valence-corrected chi connectivity index (χ3v) is 1.50. The lowest BCUT2D eigenvalue weighted by Gasteiger charge is -1.93. The molecule has 0 aliphatic carbocycles. The monoisotopic (exact) mass is 131 g/mol. The van der Waals surface area contributed by atoms with Gasteiger partial charge in [-0.25, -0.2) is 4.98 Å². The molecule has 0 bridgehead atoms. The molecule has 0 N–H and O–H groups in total. The van der Waals surface area contributed by atoms with Crippen molar-refractivity contribution >= 4 is 5.65 Å². The predicted octanol–water partition coefficient (Wildman–Crippen LogP) is 1.52. The Morgan fingerprint density at radius 1 is 1.40 bits per heavy atom. The quantitative estimate of drug-likeness (QED) is 0.529. The zero-order valence-corrected chi connectivity index (χ0v) is 5.49. The molecule has 0 saturated carbocycles. The maximum atomic E-state index is 4.12. The van der Waals surface area contributed by atoms with Crippen molar-refractivity contribution in [2.75, 3.05) is 0 Å². The lowest BCUT2D eigenvalue weighted by molar-refractivity contribution is 1.18. The van der Waals surface area contributed by atoms with E-state index in [2.05, 4.69) is 11.9 Å². The van der Waals surface area contributed by atoms with Gasteiger partial charge >= 0.3 is 0 Å². The van der Waals surface area contributed by atoms with E-state index in [-0.39, 0.29) is 0 Å². The highest BCUT2D eigenvalue weighted by molar-refractivity contribution is 5.48. The van der Waals surface area contributed by atoms with Gasteiger partial charge in [0.2, 0.25) is 0 Å². The van der Waals surface area contributed by atoms with E-state index in [1.54, 1.807) is 6.20 Å². The summed E-state index contributed by atoms with van der Waals surface area (Å²) in [4.78, 5) is 4.12. The van der Waals surface area contributed by atoms with Crippen LogP contribution in [0.3, 0.4) is 0 Å². The van der Waals surface area contributed by atoms with Crippen molar-refractivity contribution in [3.8, 4) is 0 Å². The Bertz CT molecular complexity index is 349. The molecule has 0 spiro atoms. The molecule has 0 unspecified atom stereocenters. The fraction of sp³-hybridized carbons (Fsp3) is 0. The Labute approximate surface area is 59.1 Å². The lowest BCUT2D eigenvalue weighted by atomic mass is 10.3. The van der Waals surface area contributed by atoms with Crippen LogP contribution in [0.2, 0.25) is 0 Å². The van der Waals surface area contributed by atoms with Crippen LogP contribution in [0.1, 0.15) is 5.56 Å². The molecule has 0 aliphatic heterocycles. The van der Waals surface area contributed by atoms with Crippen LogP contribution in [-0.4, -0.2) is 9.38 Å². The fourth-order valence-electron chi connectivity index (χ4n) is 1.01. The smallest absolute Gasteiger partial charge is 0.139 e. The van der Waals surface area contributed by atoms with Crippen LogP contribution in [-0.2, 0) is 0 Å². The summed E-state index contributed by atoms with van der Waals surface area (Å²) in [5.74, 6) is 0. The predicted molar refractivity (Wildman–Crippen MR) is 39.7 cm³/mol. The van der Waals surface area contributed by atoms with Crippen LogP contribution >= 0.6 is 0 Å². The molecule has 0 aliphatic rings. The van der Waals surface area contributed by atoms with Gasteiger partial charge < -0.3 is 4.40 Å². The summed E-state index contributed by atoms with van der Waals surface area (Å²) in [7, 11) is 0. The first-order chi connectivity index (χ1) is 4.88. The number of hydrogen-bond acceptors (Lipinski definition) is 1. The summed E-state index contributed by atoms with van der Waals surface area (Å²) >= 11 is 0. The highest BCUT2D eigenvalue weighted by Gasteiger charge is 1.93. The molecule has 10 heavy (non-hydrogen) atoms. The first-order valence-corrected chi connectivity index (χ1v) is 3.11. The van der Waals surface area contributed by atoms with E-state index in [0.29, 0.717) is 0 Å². The zero-order valence-electron chi connectivity index (χ0n) is 5.49. The normalized spacial score (nSPS) is 10.5. The van der Waals surface area contributed by atoms with Crippen molar-refractivity contribution in [3.63, 3.8) is 0 Å². The number of aromatic nitrogens is 2. The van der Waals surface area contributed by atoms with Crippen molar-refractivity contribution in [1.29, 1.82) is 0 Å². The molecule has 2 rings (SSSR count). The molecule has 0 saturated heterocycles. The molecule has 0 fully saturated rings. The number of hydrogen-bond donors (Lipinski definition) is 0. The van der Waals surface area contributed by atoms with Gasteiger partial charge in [-0.1, -0.05) is 6.07 Å². The number of nitrogens with zero attached hydrogens (tertiary/aromatic N) is 2. The number of rotatable bonds is 0. The van der Waals surface area contributed by atoms with Gasteiger partial charge in [0.25, 0.3) is 0 Å². The third-order valence-electron chi connectivity index (χ3n) is 1.50. The van der Waals surface area contributed by atoms with E-state index in [1.807, 2.05) is 28.9 Å².